The Hall–Kier alpha value is -4.03. The highest BCUT2D eigenvalue weighted by Gasteiger charge is 2.49. The number of aromatic nitrogens is 3. The summed E-state index contributed by atoms with van der Waals surface area (Å²) in [6.07, 6.45) is 2.79. The number of ether oxygens (including phenoxy) is 3. The number of rotatable bonds is 3. The predicted molar refractivity (Wildman–Crippen MR) is 165 cm³/mol. The van der Waals surface area contributed by atoms with Crippen LogP contribution in [0.4, 0.5) is 19.0 Å². The number of benzene rings is 2. The van der Waals surface area contributed by atoms with Crippen LogP contribution in [0.3, 0.4) is 0 Å². The van der Waals surface area contributed by atoms with Gasteiger partial charge >= 0.3 is 12.0 Å². The number of hydrogen-bond acceptors (Lipinski definition) is 9. The summed E-state index contributed by atoms with van der Waals surface area (Å²) in [6, 6.07) is 8.36. The van der Waals surface area contributed by atoms with Crippen LogP contribution < -0.4 is 9.64 Å². The van der Waals surface area contributed by atoms with Crippen molar-refractivity contribution in [1.29, 1.82) is 0 Å². The van der Waals surface area contributed by atoms with E-state index in [4.69, 9.17) is 19.2 Å². The van der Waals surface area contributed by atoms with Gasteiger partial charge in [0.25, 0.3) is 0 Å². The van der Waals surface area contributed by atoms with Gasteiger partial charge in [-0.25, -0.2) is 13.2 Å². The maximum atomic E-state index is 16.8. The molecule has 0 radical (unpaired) electrons. The molecule has 2 aromatic carbocycles. The van der Waals surface area contributed by atoms with E-state index in [0.29, 0.717) is 60.3 Å². The average molecular weight is 634 g/mol. The van der Waals surface area contributed by atoms with Crippen LogP contribution in [0.25, 0.3) is 32.9 Å². The number of pyridine rings is 1. The lowest BCUT2D eigenvalue weighted by Gasteiger charge is -2.31. The van der Waals surface area contributed by atoms with Crippen LogP contribution in [-0.2, 0) is 20.7 Å². The average Bonchev–Trinajstić information content (AvgIpc) is 3.47. The van der Waals surface area contributed by atoms with Crippen molar-refractivity contribution in [2.45, 2.75) is 56.3 Å². The standard InChI is InChI=1S/C34H34F3N5O4/c35-21-14-34(10-3-11-42(34)16-21)19-45-33-39-31-25-15-38-30(29(31)37)24-6-1-4-20-8-9-26(36)23(28(20)24)5-2-7-27(43)46-22-17-41(32(25)40-33)12-13-44-18-22/h1,4,6,8-9,15,21-22H,2-3,5,7,10-14,16-19H2/t21-,22+,34+/m1/s1. The van der Waals surface area contributed by atoms with Crippen molar-refractivity contribution in [3.63, 3.8) is 0 Å². The minimum Gasteiger partial charge on any atom is -0.461 e. The number of carbonyl (C=O) groups excluding carboxylic acids is 1. The fourth-order valence-corrected chi connectivity index (χ4v) is 7.73. The molecule has 0 aliphatic carbocycles. The molecule has 0 amide bonds. The summed E-state index contributed by atoms with van der Waals surface area (Å²) in [7, 11) is 0. The molecule has 4 aromatic rings. The van der Waals surface area contributed by atoms with E-state index in [9.17, 15) is 9.18 Å². The highest BCUT2D eigenvalue weighted by Crippen LogP contribution is 2.41. The molecule has 0 N–H and O–H groups in total. The lowest BCUT2D eigenvalue weighted by Crippen LogP contribution is -2.43. The first kappa shape index (κ1) is 29.4. The van der Waals surface area contributed by atoms with Crippen LogP contribution in [0, 0.1) is 11.6 Å². The zero-order chi connectivity index (χ0) is 31.4. The van der Waals surface area contributed by atoms with E-state index < -0.39 is 35.4 Å². The first-order chi connectivity index (χ1) is 22.4. The molecule has 3 saturated heterocycles. The fraction of sp³-hybridized carbons (Fsp3) is 0.471. The number of hydrogen-bond donors (Lipinski definition) is 0. The van der Waals surface area contributed by atoms with E-state index in [0.717, 1.165) is 24.8 Å². The van der Waals surface area contributed by atoms with E-state index in [1.807, 2.05) is 11.0 Å². The Kier molecular flexibility index (Phi) is 7.44. The lowest BCUT2D eigenvalue weighted by molar-refractivity contribution is -0.151. The number of halogens is 3. The van der Waals surface area contributed by atoms with Gasteiger partial charge in [-0.1, -0.05) is 24.3 Å². The van der Waals surface area contributed by atoms with E-state index >= 15 is 8.78 Å². The molecule has 5 aliphatic rings. The molecule has 46 heavy (non-hydrogen) atoms. The SMILES string of the molecule is O=C1CCCc2c(F)ccc3cccc(c23)-c2ncc3c(nc(OC[C@@]45CCCN4C[C@H](F)C5)nc3c2F)N2CCOC[C@H](C2)O1. The van der Waals surface area contributed by atoms with Crippen molar-refractivity contribution in [1.82, 2.24) is 19.9 Å². The van der Waals surface area contributed by atoms with Crippen molar-refractivity contribution in [3.05, 3.63) is 53.7 Å². The Bertz CT molecular complexity index is 1840. The Morgan fingerprint density at radius 3 is 2.89 bits per heavy atom. The van der Waals surface area contributed by atoms with Crippen LogP contribution >= 0.6 is 0 Å². The van der Waals surface area contributed by atoms with Crippen molar-refractivity contribution in [2.75, 3.05) is 50.9 Å². The van der Waals surface area contributed by atoms with Crippen LogP contribution in [0.1, 0.15) is 37.7 Å². The highest BCUT2D eigenvalue weighted by atomic mass is 19.1. The molecule has 240 valence electrons. The van der Waals surface area contributed by atoms with E-state index in [1.165, 1.54) is 12.3 Å². The Balaban J connectivity index is 1.30. The largest absolute Gasteiger partial charge is 0.461 e. The van der Waals surface area contributed by atoms with Gasteiger partial charge in [0.05, 0.1) is 30.7 Å². The van der Waals surface area contributed by atoms with E-state index in [1.54, 1.807) is 18.2 Å². The number of alkyl halides is 1. The van der Waals surface area contributed by atoms with Gasteiger partial charge in [0.15, 0.2) is 5.82 Å². The van der Waals surface area contributed by atoms with Crippen LogP contribution in [0.2, 0.25) is 0 Å². The number of nitrogens with zero attached hydrogens (tertiary/aromatic N) is 5. The summed E-state index contributed by atoms with van der Waals surface area (Å²) in [5.41, 5.74) is 0.385. The van der Waals surface area contributed by atoms with Crippen molar-refractivity contribution in [2.24, 2.45) is 0 Å². The van der Waals surface area contributed by atoms with Gasteiger partial charge in [-0.05, 0) is 54.6 Å². The second-order valence-corrected chi connectivity index (χ2v) is 12.8. The molecule has 9 rings (SSSR count). The summed E-state index contributed by atoms with van der Waals surface area (Å²) < 4.78 is 64.5. The summed E-state index contributed by atoms with van der Waals surface area (Å²) >= 11 is 0. The second kappa shape index (κ2) is 11.6. The molecule has 0 saturated carbocycles. The molecular formula is C34H34F3N5O4. The molecule has 12 heteroatoms. The predicted octanol–water partition coefficient (Wildman–Crippen LogP) is 5.16. The fourth-order valence-electron chi connectivity index (χ4n) is 7.73. The summed E-state index contributed by atoms with van der Waals surface area (Å²) in [4.78, 5) is 30.9. The summed E-state index contributed by atoms with van der Waals surface area (Å²) in [6.45, 7) is 2.52. The molecule has 9 nitrogen and oxygen atoms in total. The van der Waals surface area contributed by atoms with Gasteiger partial charge in [0.1, 0.15) is 41.7 Å². The first-order valence-corrected chi connectivity index (χ1v) is 16.0. The molecule has 3 atom stereocenters. The molecule has 0 unspecified atom stereocenters. The van der Waals surface area contributed by atoms with Crippen LogP contribution in [-0.4, -0.2) is 89.6 Å². The van der Waals surface area contributed by atoms with Gasteiger partial charge in [0, 0.05) is 37.7 Å². The second-order valence-electron chi connectivity index (χ2n) is 12.8. The van der Waals surface area contributed by atoms with Gasteiger partial charge in [-0.15, -0.1) is 0 Å². The number of esters is 1. The van der Waals surface area contributed by atoms with Gasteiger partial charge < -0.3 is 19.1 Å². The first-order valence-electron chi connectivity index (χ1n) is 16.0. The molecule has 0 spiro atoms. The summed E-state index contributed by atoms with van der Waals surface area (Å²) in [5.74, 6) is -1.15. The Morgan fingerprint density at radius 1 is 1.07 bits per heavy atom. The van der Waals surface area contributed by atoms with Crippen molar-refractivity contribution in [3.8, 4) is 17.3 Å². The third kappa shape index (κ3) is 5.11. The van der Waals surface area contributed by atoms with Gasteiger partial charge in [0.2, 0.25) is 0 Å². The minimum absolute atomic E-state index is 0.00123. The molecule has 5 aliphatic heterocycles. The monoisotopic (exact) mass is 633 g/mol. The number of anilines is 1. The van der Waals surface area contributed by atoms with Crippen LogP contribution in [0.5, 0.6) is 6.01 Å². The van der Waals surface area contributed by atoms with E-state index in [2.05, 4.69) is 14.9 Å². The maximum absolute atomic E-state index is 16.8. The lowest BCUT2D eigenvalue weighted by atomic mass is 9.93. The number of fused-ring (bicyclic) bond motifs is 6. The normalized spacial score (nSPS) is 25.3. The molecule has 6 bridgehead atoms. The Labute approximate surface area is 263 Å². The molecular weight excluding hydrogens is 599 g/mol. The quantitative estimate of drug-likeness (QED) is 0.284. The zero-order valence-corrected chi connectivity index (χ0v) is 25.3. The molecule has 7 heterocycles. The molecule has 2 aromatic heterocycles. The maximum Gasteiger partial charge on any atom is 0.319 e. The van der Waals surface area contributed by atoms with Crippen molar-refractivity contribution >= 4 is 33.5 Å². The molecule has 3 fully saturated rings. The summed E-state index contributed by atoms with van der Waals surface area (Å²) in [5, 5.41) is 1.61. The van der Waals surface area contributed by atoms with Gasteiger partial charge in [-0.2, -0.15) is 9.97 Å². The van der Waals surface area contributed by atoms with Crippen molar-refractivity contribution < 1.29 is 32.2 Å². The van der Waals surface area contributed by atoms with Crippen LogP contribution in [0.15, 0.2) is 36.5 Å². The smallest absolute Gasteiger partial charge is 0.319 e. The zero-order valence-electron chi connectivity index (χ0n) is 25.3. The van der Waals surface area contributed by atoms with E-state index in [-0.39, 0.29) is 49.8 Å². The topological polar surface area (TPSA) is 89.9 Å². The van der Waals surface area contributed by atoms with Gasteiger partial charge in [-0.3, -0.25) is 14.7 Å². The minimum atomic E-state index is -0.929. The number of aryl methyl sites for hydroxylation is 1. The highest BCUT2D eigenvalue weighted by molar-refractivity contribution is 6.01. The third-order valence-corrected chi connectivity index (χ3v) is 9.86. The number of carbonyl (C=O) groups is 1. The Morgan fingerprint density at radius 2 is 1.98 bits per heavy atom. The third-order valence-electron chi connectivity index (χ3n) is 9.86.